The number of nitrogens with one attached hydrogen (secondary N) is 1. The SMILES string of the molecule is C[C@H](CCC(=O)NCCS(=O)(=O)O)[C@H]1CC[C@H]2[C@@H]3CC[C@H]4CCCC[C@]4(C)[C@H]3CC[C@]12C. The summed E-state index contributed by atoms with van der Waals surface area (Å²) >= 11 is 0. The average Bonchev–Trinajstić information content (AvgIpc) is 3.08. The summed E-state index contributed by atoms with van der Waals surface area (Å²) in [6, 6.07) is 0. The van der Waals surface area contributed by atoms with Gasteiger partial charge in [-0.15, -0.1) is 0 Å². The zero-order chi connectivity index (χ0) is 23.1. The predicted molar refractivity (Wildman–Crippen MR) is 128 cm³/mol. The van der Waals surface area contributed by atoms with Crippen molar-refractivity contribution in [2.24, 2.45) is 46.3 Å². The molecule has 184 valence electrons. The van der Waals surface area contributed by atoms with Gasteiger partial charge in [-0.05, 0) is 104 Å². The van der Waals surface area contributed by atoms with E-state index >= 15 is 0 Å². The number of amides is 1. The second kappa shape index (κ2) is 9.20. The van der Waals surface area contributed by atoms with E-state index in [0.29, 0.717) is 29.1 Å². The van der Waals surface area contributed by atoms with Crippen LogP contribution >= 0.6 is 0 Å². The Morgan fingerprint density at radius 2 is 1.75 bits per heavy atom. The second-order valence-corrected chi connectivity index (χ2v) is 13.9. The first-order valence-electron chi connectivity index (χ1n) is 13.3. The Hall–Kier alpha value is -0.620. The molecule has 0 aromatic heterocycles. The molecule has 0 aliphatic heterocycles. The van der Waals surface area contributed by atoms with Gasteiger partial charge in [0.05, 0.1) is 5.75 Å². The fourth-order valence-corrected chi connectivity index (χ4v) is 9.60. The molecule has 0 aromatic rings. The van der Waals surface area contributed by atoms with Crippen molar-refractivity contribution < 1.29 is 17.8 Å². The van der Waals surface area contributed by atoms with Crippen LogP contribution in [0.25, 0.3) is 0 Å². The van der Waals surface area contributed by atoms with Crippen molar-refractivity contribution in [2.45, 2.75) is 97.8 Å². The van der Waals surface area contributed by atoms with Gasteiger partial charge in [-0.3, -0.25) is 9.35 Å². The summed E-state index contributed by atoms with van der Waals surface area (Å²) in [5.41, 5.74) is 1.01. The first kappa shape index (κ1) is 24.5. The molecule has 4 aliphatic carbocycles. The molecule has 0 bridgehead atoms. The van der Waals surface area contributed by atoms with Crippen LogP contribution in [0, 0.1) is 46.3 Å². The topological polar surface area (TPSA) is 83.5 Å². The molecular formula is C26H45NO4S. The maximum absolute atomic E-state index is 12.2. The monoisotopic (exact) mass is 467 g/mol. The highest BCUT2D eigenvalue weighted by atomic mass is 32.2. The predicted octanol–water partition coefficient (Wildman–Crippen LogP) is 5.46. The molecule has 4 aliphatic rings. The smallest absolute Gasteiger partial charge is 0.266 e. The lowest BCUT2D eigenvalue weighted by Crippen LogP contribution is -2.53. The van der Waals surface area contributed by atoms with Gasteiger partial charge < -0.3 is 5.32 Å². The standard InChI is InChI=1S/C26H45NO4S/c1-18(7-12-24(28)27-16-17-32(29,30)31)21-10-11-22-20-9-8-19-6-4-5-14-25(19,2)23(20)13-15-26(21,22)3/h18-23H,4-17H2,1-3H3,(H,27,28)(H,29,30,31)/t18-,19-,20+,21-,22+,23+,25+,26-/m1/s1. The molecule has 4 rings (SSSR count). The molecule has 32 heavy (non-hydrogen) atoms. The fraction of sp³-hybridized carbons (Fsp3) is 0.962. The molecule has 6 heteroatoms. The van der Waals surface area contributed by atoms with Gasteiger partial charge in [0.2, 0.25) is 5.91 Å². The molecule has 0 radical (unpaired) electrons. The van der Waals surface area contributed by atoms with Gasteiger partial charge in [0.15, 0.2) is 0 Å². The van der Waals surface area contributed by atoms with Gasteiger partial charge in [-0.25, -0.2) is 0 Å². The first-order valence-corrected chi connectivity index (χ1v) is 14.9. The molecule has 1 amide bonds. The number of rotatable bonds is 7. The molecule has 0 saturated heterocycles. The van der Waals surface area contributed by atoms with Crippen LogP contribution in [0.3, 0.4) is 0 Å². The van der Waals surface area contributed by atoms with Crippen molar-refractivity contribution in [3.63, 3.8) is 0 Å². The summed E-state index contributed by atoms with van der Waals surface area (Å²) in [5, 5.41) is 2.64. The lowest BCUT2D eigenvalue weighted by atomic mass is 9.44. The van der Waals surface area contributed by atoms with Crippen molar-refractivity contribution in [1.82, 2.24) is 5.32 Å². The van der Waals surface area contributed by atoms with E-state index in [-0.39, 0.29) is 12.5 Å². The molecule has 5 nitrogen and oxygen atoms in total. The number of carbonyl (C=O) groups excluding carboxylic acids is 1. The maximum atomic E-state index is 12.2. The zero-order valence-corrected chi connectivity index (χ0v) is 21.3. The Morgan fingerprint density at radius 3 is 2.50 bits per heavy atom. The third-order valence-corrected chi connectivity index (χ3v) is 11.6. The van der Waals surface area contributed by atoms with Gasteiger partial charge in [0, 0.05) is 13.0 Å². The van der Waals surface area contributed by atoms with Crippen molar-refractivity contribution >= 4 is 16.0 Å². The van der Waals surface area contributed by atoms with Gasteiger partial charge in [-0.1, -0.05) is 33.6 Å². The molecule has 0 spiro atoms. The lowest BCUT2D eigenvalue weighted by molar-refractivity contribution is -0.122. The molecule has 0 unspecified atom stereocenters. The fourth-order valence-electron chi connectivity index (χ4n) is 9.24. The molecule has 2 N–H and O–H groups in total. The summed E-state index contributed by atoms with van der Waals surface area (Å²) in [6.07, 6.45) is 15.4. The van der Waals surface area contributed by atoms with Gasteiger partial charge in [-0.2, -0.15) is 8.42 Å². The molecular weight excluding hydrogens is 422 g/mol. The maximum Gasteiger partial charge on any atom is 0.266 e. The van der Waals surface area contributed by atoms with Crippen molar-refractivity contribution in [2.75, 3.05) is 12.3 Å². The highest BCUT2D eigenvalue weighted by Crippen LogP contribution is 2.68. The van der Waals surface area contributed by atoms with Crippen LogP contribution in [0.2, 0.25) is 0 Å². The van der Waals surface area contributed by atoms with Crippen molar-refractivity contribution in [3.8, 4) is 0 Å². The molecule has 4 fully saturated rings. The van der Waals surface area contributed by atoms with E-state index in [1.807, 2.05) is 0 Å². The number of hydrogen-bond acceptors (Lipinski definition) is 3. The molecule has 4 saturated carbocycles. The van der Waals surface area contributed by atoms with E-state index in [1.165, 1.54) is 64.2 Å². The Balaban J connectivity index is 1.35. The Kier molecular flexibility index (Phi) is 7.05. The number of hydrogen-bond donors (Lipinski definition) is 2. The normalized spacial score (nSPS) is 42.4. The summed E-state index contributed by atoms with van der Waals surface area (Å²) in [6.45, 7) is 7.53. The van der Waals surface area contributed by atoms with E-state index in [4.69, 9.17) is 4.55 Å². The van der Waals surface area contributed by atoms with Gasteiger partial charge >= 0.3 is 0 Å². The van der Waals surface area contributed by atoms with Gasteiger partial charge in [0.1, 0.15) is 0 Å². The quantitative estimate of drug-likeness (QED) is 0.487. The minimum atomic E-state index is -4.02. The highest BCUT2D eigenvalue weighted by Gasteiger charge is 2.60. The van der Waals surface area contributed by atoms with Crippen LogP contribution in [-0.4, -0.2) is 31.2 Å². The minimum absolute atomic E-state index is 0.0158. The largest absolute Gasteiger partial charge is 0.355 e. The van der Waals surface area contributed by atoms with E-state index in [9.17, 15) is 13.2 Å². The third kappa shape index (κ3) is 4.64. The Bertz CT molecular complexity index is 798. The summed E-state index contributed by atoms with van der Waals surface area (Å²) in [5.74, 6) is 4.35. The van der Waals surface area contributed by atoms with Gasteiger partial charge in [0.25, 0.3) is 10.1 Å². The van der Waals surface area contributed by atoms with E-state index in [2.05, 4.69) is 26.1 Å². The summed E-state index contributed by atoms with van der Waals surface area (Å²) in [7, 11) is -4.02. The first-order chi connectivity index (χ1) is 15.0. The average molecular weight is 468 g/mol. The van der Waals surface area contributed by atoms with E-state index in [0.717, 1.165) is 30.1 Å². The van der Waals surface area contributed by atoms with Crippen LogP contribution in [0.5, 0.6) is 0 Å². The zero-order valence-electron chi connectivity index (χ0n) is 20.4. The Morgan fingerprint density at radius 1 is 1.00 bits per heavy atom. The molecule has 0 aromatic carbocycles. The van der Waals surface area contributed by atoms with Crippen LogP contribution in [-0.2, 0) is 14.9 Å². The minimum Gasteiger partial charge on any atom is -0.355 e. The van der Waals surface area contributed by atoms with Crippen molar-refractivity contribution in [1.29, 1.82) is 0 Å². The molecule has 0 heterocycles. The summed E-state index contributed by atoms with van der Waals surface area (Å²) in [4.78, 5) is 12.2. The van der Waals surface area contributed by atoms with Crippen LogP contribution in [0.4, 0.5) is 0 Å². The number of fused-ring (bicyclic) bond motifs is 5. The molecule has 8 atom stereocenters. The van der Waals surface area contributed by atoms with E-state index in [1.54, 1.807) is 0 Å². The van der Waals surface area contributed by atoms with Crippen LogP contribution in [0.15, 0.2) is 0 Å². The van der Waals surface area contributed by atoms with Crippen LogP contribution < -0.4 is 5.32 Å². The van der Waals surface area contributed by atoms with Crippen LogP contribution in [0.1, 0.15) is 97.8 Å². The third-order valence-electron chi connectivity index (χ3n) is 10.9. The lowest BCUT2D eigenvalue weighted by Gasteiger charge is -2.61. The number of carbonyl (C=O) groups is 1. The summed E-state index contributed by atoms with van der Waals surface area (Å²) < 4.78 is 30.5. The second-order valence-electron chi connectivity index (χ2n) is 12.3. The van der Waals surface area contributed by atoms with Crippen molar-refractivity contribution in [3.05, 3.63) is 0 Å². The Labute approximate surface area is 195 Å². The highest BCUT2D eigenvalue weighted by molar-refractivity contribution is 7.85. The van der Waals surface area contributed by atoms with E-state index < -0.39 is 15.9 Å².